The van der Waals surface area contributed by atoms with Gasteiger partial charge in [0.1, 0.15) is 0 Å². The molecule has 212 valence electrons. The average molecular weight is 569 g/mol. The fraction of sp³-hybridized carbons (Fsp3) is 0.240. The van der Waals surface area contributed by atoms with Crippen molar-refractivity contribution in [2.75, 3.05) is 31.1 Å². The van der Waals surface area contributed by atoms with Gasteiger partial charge in [-0.15, -0.1) is 5.10 Å². The summed E-state index contributed by atoms with van der Waals surface area (Å²) in [6.07, 6.45) is -7.79. The number of amides is 2. The van der Waals surface area contributed by atoms with Crippen LogP contribution in [0.5, 0.6) is 0 Å². The lowest BCUT2D eigenvalue weighted by molar-refractivity contribution is -0.138. The van der Waals surface area contributed by atoms with Crippen LogP contribution in [0.25, 0.3) is 0 Å². The van der Waals surface area contributed by atoms with Crippen molar-refractivity contribution < 1.29 is 45.8 Å². The second-order valence-corrected chi connectivity index (χ2v) is 8.30. The van der Waals surface area contributed by atoms with Gasteiger partial charge in [0, 0.05) is 26.2 Å². The summed E-state index contributed by atoms with van der Waals surface area (Å²) in [7, 11) is 0. The molecule has 1 aliphatic rings. The Labute approximate surface area is 222 Å². The first kappa shape index (κ1) is 29.9. The zero-order valence-electron chi connectivity index (χ0n) is 20.4. The maximum atomic E-state index is 13.1. The summed E-state index contributed by atoms with van der Waals surface area (Å²) in [5.41, 5.74) is 2.06. The lowest BCUT2D eigenvalue weighted by atomic mass is 10.1. The number of piperazine rings is 1. The molecule has 1 saturated heterocycles. The molecule has 15 heteroatoms. The van der Waals surface area contributed by atoms with Gasteiger partial charge in [-0.3, -0.25) is 9.59 Å². The number of carbonyl (C=O) groups is 3. The summed E-state index contributed by atoms with van der Waals surface area (Å²) in [4.78, 5) is 37.5. The van der Waals surface area contributed by atoms with Gasteiger partial charge in [0.25, 0.3) is 5.91 Å². The summed E-state index contributed by atoms with van der Waals surface area (Å²) in [6.45, 7) is 0.858. The van der Waals surface area contributed by atoms with Crippen molar-refractivity contribution in [2.45, 2.75) is 12.4 Å². The van der Waals surface area contributed by atoms with Crippen LogP contribution in [0.1, 0.15) is 42.3 Å². The first-order valence-corrected chi connectivity index (χ1v) is 11.4. The first-order valence-electron chi connectivity index (χ1n) is 11.4. The lowest BCUT2D eigenvalue weighted by Gasteiger charge is -2.36. The van der Waals surface area contributed by atoms with Crippen molar-refractivity contribution in [3.63, 3.8) is 0 Å². The van der Waals surface area contributed by atoms with Crippen molar-refractivity contribution in [1.29, 1.82) is 0 Å². The number of aromatic carboxylic acids is 1. The number of anilines is 1. The minimum atomic E-state index is -4.62. The van der Waals surface area contributed by atoms with Crippen LogP contribution in [0.2, 0.25) is 0 Å². The molecule has 1 aromatic heterocycles. The van der Waals surface area contributed by atoms with Crippen LogP contribution in [-0.4, -0.2) is 64.2 Å². The van der Waals surface area contributed by atoms with E-state index in [2.05, 4.69) is 10.2 Å². The van der Waals surface area contributed by atoms with E-state index in [1.165, 1.54) is 41.4 Å². The first-order chi connectivity index (χ1) is 18.7. The number of carbonyl (C=O) groups excluding carboxylic acids is 2. The summed E-state index contributed by atoms with van der Waals surface area (Å²) in [5, 5.41) is 16.3. The third-order valence-corrected chi connectivity index (χ3v) is 5.77. The molecule has 2 amide bonds. The highest BCUT2D eigenvalue weighted by Crippen LogP contribution is 2.33. The van der Waals surface area contributed by atoms with Crippen LogP contribution in [0.3, 0.4) is 0 Å². The molecule has 3 N–H and O–H groups in total. The van der Waals surface area contributed by atoms with Crippen LogP contribution in [0.15, 0.2) is 60.8 Å². The third kappa shape index (κ3) is 7.03. The molecule has 1 fully saturated rings. The number of alkyl halides is 6. The summed E-state index contributed by atoms with van der Waals surface area (Å²) in [5.74, 6) is -3.00. The Morgan fingerprint density at radius 1 is 0.775 bits per heavy atom. The van der Waals surface area contributed by atoms with Gasteiger partial charge in [-0.25, -0.2) is 4.79 Å². The Hall–Kier alpha value is -4.69. The molecule has 4 rings (SSSR count). The summed E-state index contributed by atoms with van der Waals surface area (Å²) < 4.78 is 76.0. The third-order valence-electron chi connectivity index (χ3n) is 5.77. The van der Waals surface area contributed by atoms with E-state index in [9.17, 15) is 45.8 Å². The molecule has 0 spiro atoms. The van der Waals surface area contributed by atoms with Gasteiger partial charge in [0.15, 0.2) is 5.69 Å². The van der Waals surface area contributed by atoms with E-state index >= 15 is 0 Å². The fourth-order valence-electron chi connectivity index (χ4n) is 3.92. The number of hydrogen-bond acceptors (Lipinski definition) is 6. The number of carboxylic acid groups (broad SMARTS) is 1. The highest BCUT2D eigenvalue weighted by Gasteiger charge is 2.37. The number of rotatable bonds is 4. The Morgan fingerprint density at radius 3 is 1.75 bits per heavy atom. The predicted octanol–water partition coefficient (Wildman–Crippen LogP) is 3.96. The molecule has 0 bridgehead atoms. The minimum Gasteiger partial charge on any atom is -0.476 e. The molecule has 0 saturated carbocycles. The van der Waals surface area contributed by atoms with E-state index < -0.39 is 52.4 Å². The van der Waals surface area contributed by atoms with Crippen molar-refractivity contribution in [2.24, 2.45) is 5.73 Å². The monoisotopic (exact) mass is 569 g/mol. The SMILES string of the molecule is NC(=O)c1ccccc1C(F)(F)F.O=C(O)c1nnccc1N1CCN(C(=O)c2ccccc2C(F)(F)F)CC1. The molecule has 0 atom stereocenters. The molecular formula is C25H21F6N5O4. The number of carboxylic acids is 1. The molecular weight excluding hydrogens is 548 g/mol. The van der Waals surface area contributed by atoms with Gasteiger partial charge >= 0.3 is 18.3 Å². The Balaban J connectivity index is 0.000000285. The van der Waals surface area contributed by atoms with Crippen LogP contribution >= 0.6 is 0 Å². The number of nitrogens with two attached hydrogens (primary N) is 1. The summed E-state index contributed by atoms with van der Waals surface area (Å²) in [6, 6.07) is 10.6. The number of benzene rings is 2. The van der Waals surface area contributed by atoms with Gasteiger partial charge < -0.3 is 20.6 Å². The van der Waals surface area contributed by atoms with E-state index in [1.807, 2.05) is 0 Å². The van der Waals surface area contributed by atoms with Gasteiger partial charge in [-0.1, -0.05) is 24.3 Å². The zero-order valence-corrected chi connectivity index (χ0v) is 20.4. The van der Waals surface area contributed by atoms with Crippen molar-refractivity contribution in [1.82, 2.24) is 15.1 Å². The second-order valence-electron chi connectivity index (χ2n) is 8.30. The highest BCUT2D eigenvalue weighted by molar-refractivity contribution is 5.96. The lowest BCUT2D eigenvalue weighted by Crippen LogP contribution is -2.49. The molecule has 0 unspecified atom stereocenters. The van der Waals surface area contributed by atoms with E-state index in [0.29, 0.717) is 5.69 Å². The molecule has 0 radical (unpaired) electrons. The minimum absolute atomic E-state index is 0.159. The van der Waals surface area contributed by atoms with Gasteiger partial charge in [-0.2, -0.15) is 31.4 Å². The smallest absolute Gasteiger partial charge is 0.417 e. The Morgan fingerprint density at radius 2 is 1.27 bits per heavy atom. The topological polar surface area (TPSA) is 130 Å². The Bertz CT molecular complexity index is 1390. The normalized spacial score (nSPS) is 13.8. The number of halogens is 6. The van der Waals surface area contributed by atoms with Crippen LogP contribution in [-0.2, 0) is 12.4 Å². The van der Waals surface area contributed by atoms with E-state index in [0.717, 1.165) is 24.3 Å². The van der Waals surface area contributed by atoms with Crippen LogP contribution in [0, 0.1) is 0 Å². The zero-order chi connectivity index (χ0) is 29.7. The van der Waals surface area contributed by atoms with Crippen LogP contribution < -0.4 is 10.6 Å². The number of nitrogens with zero attached hydrogens (tertiary/aromatic N) is 4. The maximum Gasteiger partial charge on any atom is 0.417 e. The van der Waals surface area contributed by atoms with Gasteiger partial charge in [0.2, 0.25) is 5.91 Å². The van der Waals surface area contributed by atoms with Crippen molar-refractivity contribution in [3.05, 3.63) is 88.7 Å². The van der Waals surface area contributed by atoms with Crippen molar-refractivity contribution >= 4 is 23.5 Å². The second kappa shape index (κ2) is 12.0. The van der Waals surface area contributed by atoms with Gasteiger partial charge in [-0.05, 0) is 30.3 Å². The predicted molar refractivity (Wildman–Crippen MR) is 129 cm³/mol. The molecule has 1 aliphatic heterocycles. The van der Waals surface area contributed by atoms with Crippen molar-refractivity contribution in [3.8, 4) is 0 Å². The molecule has 3 aromatic rings. The van der Waals surface area contributed by atoms with Crippen LogP contribution in [0.4, 0.5) is 32.0 Å². The number of hydrogen-bond donors (Lipinski definition) is 2. The largest absolute Gasteiger partial charge is 0.476 e. The van der Waals surface area contributed by atoms with Gasteiger partial charge in [0.05, 0.1) is 34.1 Å². The van der Waals surface area contributed by atoms with E-state index in [1.54, 1.807) is 4.90 Å². The highest BCUT2D eigenvalue weighted by atomic mass is 19.4. The maximum absolute atomic E-state index is 13.1. The standard InChI is InChI=1S/C17H15F3N4O3.C8H6F3NO/c18-17(19,20)12-4-2-1-3-11(12)15(25)24-9-7-23(8-10-24)13-5-6-21-22-14(13)16(26)27;9-8(10,11)6-4-2-1-3-5(6)7(12)13/h1-6H,7-10H2,(H,26,27);1-4H,(H2,12,13). The molecule has 9 nitrogen and oxygen atoms in total. The quantitative estimate of drug-likeness (QED) is 0.455. The average Bonchev–Trinajstić information content (AvgIpc) is 2.92. The fourth-order valence-corrected chi connectivity index (χ4v) is 3.92. The number of aromatic nitrogens is 2. The van der Waals surface area contributed by atoms with E-state index in [-0.39, 0.29) is 31.9 Å². The van der Waals surface area contributed by atoms with E-state index in [4.69, 9.17) is 5.73 Å². The summed E-state index contributed by atoms with van der Waals surface area (Å²) >= 11 is 0. The molecule has 2 heterocycles. The molecule has 40 heavy (non-hydrogen) atoms. The molecule has 0 aliphatic carbocycles. The number of primary amides is 1. The molecule has 2 aromatic carbocycles. The Kier molecular flexibility index (Phi) is 8.96.